The van der Waals surface area contributed by atoms with Crippen molar-refractivity contribution in [1.29, 1.82) is 0 Å². The molecule has 0 amide bonds. The van der Waals surface area contributed by atoms with Crippen LogP contribution in [0.15, 0.2) is 133 Å². The Morgan fingerprint density at radius 2 is 0.737 bits per heavy atom. The highest BCUT2D eigenvalue weighted by Gasteiger charge is 2.57. The van der Waals surface area contributed by atoms with E-state index in [2.05, 4.69) is 217 Å². The molecule has 0 fully saturated rings. The van der Waals surface area contributed by atoms with Gasteiger partial charge in [-0.15, -0.1) is 0 Å². The highest BCUT2D eigenvalue weighted by molar-refractivity contribution is 8.18. The summed E-state index contributed by atoms with van der Waals surface area (Å²) in [5, 5.41) is 20.8. The minimum atomic E-state index is -2.08. The number of hydrogen-bond donors (Lipinski definition) is 1. The van der Waals surface area contributed by atoms with Crippen LogP contribution >= 0.6 is 13.6 Å². The van der Waals surface area contributed by atoms with E-state index in [0.717, 1.165) is 0 Å². The van der Waals surface area contributed by atoms with Crippen molar-refractivity contribution in [3.05, 3.63) is 145 Å². The van der Waals surface area contributed by atoms with Gasteiger partial charge in [-0.1, -0.05) is 96.1 Å². The minimum Gasteiger partial charge on any atom is -0.349 e. The van der Waals surface area contributed by atoms with Crippen LogP contribution in [0.25, 0.3) is 43.1 Å². The lowest BCUT2D eigenvalue weighted by Crippen LogP contribution is -2.44. The van der Waals surface area contributed by atoms with E-state index in [0.29, 0.717) is 0 Å². The van der Waals surface area contributed by atoms with Gasteiger partial charge in [-0.3, -0.25) is 0 Å². The van der Waals surface area contributed by atoms with Crippen LogP contribution in [0.1, 0.15) is 11.1 Å². The molecule has 1 heterocycles. The van der Waals surface area contributed by atoms with Crippen LogP contribution in [-0.4, -0.2) is 35.9 Å². The van der Waals surface area contributed by atoms with E-state index in [1.54, 1.807) is 0 Å². The molecule has 8 aromatic rings. The van der Waals surface area contributed by atoms with Gasteiger partial charge in [0.25, 0.3) is 0 Å². The van der Waals surface area contributed by atoms with Gasteiger partial charge in [-0.25, -0.2) is 0 Å². The Balaban J connectivity index is 1.53. The fraction of sp³-hybridized carbons (Fsp3) is 0.216. The van der Waals surface area contributed by atoms with Crippen molar-refractivity contribution in [1.82, 2.24) is 0 Å². The molecule has 9 rings (SSSR count). The zero-order valence-electron chi connectivity index (χ0n) is 35.5. The number of aryl methyl sites for hydroxylation is 2. The molecular formula is C51H56N2P2Si2+2. The van der Waals surface area contributed by atoms with E-state index in [9.17, 15) is 0 Å². The largest absolute Gasteiger partial charge is 0.349 e. The highest BCUT2D eigenvalue weighted by atomic mass is 31.4. The van der Waals surface area contributed by atoms with Gasteiger partial charge in [0.15, 0.2) is 0 Å². The standard InChI is InChI=1S/C51H56N2P2Si2/c1-34-20-22-40-26-44-48(32-42(40)24-34)54(4,56(6,7)8)50-30-38-18-14-12-16-36(38)28-46(50)53(3)47-29-37-17-13-15-19-39(37)31-51(47)55(5,57(9,10)11)49-33-43-25-35(2)21-23-41(43)27-45(49)52-44/h12-33,52H,1-11H3/q+2. The number of nitrogens with one attached hydrogen (secondary N) is 1. The molecule has 1 aliphatic rings. The molecule has 2 unspecified atom stereocenters. The average Bonchev–Trinajstić information content (AvgIpc) is 3.17. The Hall–Kier alpha value is -4.31. The first kappa shape index (κ1) is 38.2. The Kier molecular flexibility index (Phi) is 8.96. The number of fused-ring (bicyclic) bond motifs is 8. The van der Waals surface area contributed by atoms with Gasteiger partial charge in [0.2, 0.25) is 15.5 Å². The summed E-state index contributed by atoms with van der Waals surface area (Å²) in [5.41, 5.74) is 7.82. The highest BCUT2D eigenvalue weighted by Crippen LogP contribution is 2.67. The fourth-order valence-electron chi connectivity index (χ4n) is 9.42. The normalized spacial score (nSPS) is 18.7. The Labute approximate surface area is 342 Å². The van der Waals surface area contributed by atoms with Crippen molar-refractivity contribution in [3.8, 4) is 0 Å². The van der Waals surface area contributed by atoms with Crippen LogP contribution < -0.4 is 31.4 Å². The first-order chi connectivity index (χ1) is 27.0. The second-order valence-electron chi connectivity index (χ2n) is 18.9. The van der Waals surface area contributed by atoms with Gasteiger partial charge >= 0.3 is 0 Å². The summed E-state index contributed by atoms with van der Waals surface area (Å²) in [6.45, 7) is 21.4. The summed E-state index contributed by atoms with van der Waals surface area (Å²) in [6.07, 6.45) is 0. The Morgan fingerprint density at radius 3 is 1.11 bits per heavy atom. The smallest absolute Gasteiger partial charge is 0.232 e. The van der Waals surface area contributed by atoms with Crippen LogP contribution in [0.2, 0.25) is 39.3 Å². The molecule has 0 radical (unpaired) electrons. The summed E-state index contributed by atoms with van der Waals surface area (Å²) in [4.78, 5) is 2.63. The summed E-state index contributed by atoms with van der Waals surface area (Å²) < 4.78 is 0. The quantitative estimate of drug-likeness (QED) is 0.138. The second kappa shape index (κ2) is 13.4. The molecular weight excluding hydrogens is 759 g/mol. The zero-order valence-corrected chi connectivity index (χ0v) is 39.3. The summed E-state index contributed by atoms with van der Waals surface area (Å²) in [7, 11) is -1.62. The first-order valence-corrected chi connectivity index (χ1v) is 33.5. The van der Waals surface area contributed by atoms with Crippen LogP contribution in [0.5, 0.6) is 0 Å². The van der Waals surface area contributed by atoms with Crippen LogP contribution in [-0.2, 0) is 0 Å². The molecule has 57 heavy (non-hydrogen) atoms. The lowest BCUT2D eigenvalue weighted by Gasteiger charge is -2.41. The van der Waals surface area contributed by atoms with Gasteiger partial charge in [-0.2, -0.15) is 0 Å². The Bertz CT molecular complexity index is 2740. The maximum atomic E-state index is 4.36. The summed E-state index contributed by atoms with van der Waals surface area (Å²) in [5.74, 6) is 0. The third-order valence-corrected chi connectivity index (χ3v) is 43.2. The van der Waals surface area contributed by atoms with Crippen molar-refractivity contribution < 1.29 is 0 Å². The first-order valence-electron chi connectivity index (χ1n) is 20.4. The topological polar surface area (TPSA) is 15.3 Å². The number of hydrogen-bond acceptors (Lipinski definition) is 2. The molecule has 0 bridgehead atoms. The molecule has 0 saturated carbocycles. The van der Waals surface area contributed by atoms with Crippen molar-refractivity contribution in [2.24, 2.45) is 0 Å². The van der Waals surface area contributed by atoms with Crippen molar-refractivity contribution >= 4 is 116 Å². The fourth-order valence-corrected chi connectivity index (χ4v) is 27.8. The van der Waals surface area contributed by atoms with Crippen molar-refractivity contribution in [2.75, 3.05) is 30.6 Å². The molecule has 0 spiro atoms. The van der Waals surface area contributed by atoms with E-state index in [1.807, 2.05) is 0 Å². The SMILES string of the molecule is Cc1ccc2cc3c(cc2c1)[P+](C)([Si](C)(C)C)c1cc2ccccc2cc1N(C)c1cc2ccccc2cc1[P+](C)([Si](C)(C)C)c1cc2cc(C)ccc2cc1N3. The monoisotopic (exact) mass is 814 g/mol. The summed E-state index contributed by atoms with van der Waals surface area (Å²) in [6, 6.07) is 52.5. The van der Waals surface area contributed by atoms with Gasteiger partial charge in [0, 0.05) is 34.0 Å². The van der Waals surface area contributed by atoms with Crippen LogP contribution in [0, 0.1) is 13.8 Å². The molecule has 0 aliphatic carbocycles. The van der Waals surface area contributed by atoms with E-state index in [4.69, 9.17) is 0 Å². The van der Waals surface area contributed by atoms with Gasteiger partial charge in [0.1, 0.15) is 21.2 Å². The van der Waals surface area contributed by atoms with Crippen molar-refractivity contribution in [3.63, 3.8) is 0 Å². The number of anilines is 4. The predicted molar refractivity (Wildman–Crippen MR) is 268 cm³/mol. The maximum Gasteiger partial charge on any atom is 0.232 e. The molecule has 0 saturated heterocycles. The van der Waals surface area contributed by atoms with Crippen molar-refractivity contribution in [2.45, 2.75) is 53.1 Å². The molecule has 2 atom stereocenters. The average molecular weight is 815 g/mol. The van der Waals surface area contributed by atoms with E-state index < -0.39 is 29.1 Å². The molecule has 2 nitrogen and oxygen atoms in total. The van der Waals surface area contributed by atoms with E-state index in [1.165, 1.54) is 98.2 Å². The van der Waals surface area contributed by atoms with E-state index >= 15 is 0 Å². The molecule has 1 aliphatic heterocycles. The number of rotatable bonds is 2. The van der Waals surface area contributed by atoms with E-state index in [-0.39, 0.29) is 0 Å². The molecule has 6 heteroatoms. The molecule has 286 valence electrons. The summed E-state index contributed by atoms with van der Waals surface area (Å²) >= 11 is 0. The van der Waals surface area contributed by atoms with Gasteiger partial charge in [0.05, 0.1) is 22.7 Å². The lowest BCUT2D eigenvalue weighted by atomic mass is 10.1. The third-order valence-electron chi connectivity index (χ3n) is 13.5. The minimum absolute atomic E-state index is 1.26. The molecule has 1 N–H and O–H groups in total. The third kappa shape index (κ3) is 6.01. The van der Waals surface area contributed by atoms with Gasteiger partial charge in [-0.05, 0) is 145 Å². The second-order valence-corrected chi connectivity index (χ2v) is 46.9. The molecule has 8 aromatic carbocycles. The Morgan fingerprint density at radius 1 is 0.404 bits per heavy atom. The lowest BCUT2D eigenvalue weighted by molar-refractivity contribution is 1.23. The predicted octanol–water partition coefficient (Wildman–Crippen LogP) is 13.6. The van der Waals surface area contributed by atoms with Crippen LogP contribution in [0.3, 0.4) is 0 Å². The molecule has 0 aromatic heterocycles. The van der Waals surface area contributed by atoms with Crippen LogP contribution in [0.4, 0.5) is 22.7 Å². The maximum absolute atomic E-state index is 4.36. The number of benzene rings is 8. The van der Waals surface area contributed by atoms with Gasteiger partial charge < -0.3 is 10.2 Å². The number of nitrogens with zero attached hydrogens (tertiary/aromatic N) is 1. The zero-order chi connectivity index (χ0) is 40.2.